The number of phenolic OH excluding ortho intramolecular Hbond substituents is 1. The molecule has 0 amide bonds. The lowest BCUT2D eigenvalue weighted by Crippen LogP contribution is -2.04. The summed E-state index contributed by atoms with van der Waals surface area (Å²) in [6, 6.07) is 31.5. The summed E-state index contributed by atoms with van der Waals surface area (Å²) >= 11 is 6.55. The Bertz CT molecular complexity index is 1800. The number of aromatic hydroxyl groups is 1. The number of hydrogen-bond acceptors (Lipinski definition) is 10. The zero-order valence-corrected chi connectivity index (χ0v) is 32.8. The second-order valence-electron chi connectivity index (χ2n) is 9.73. The molecular formula is C39H39Br2FO11. The Balaban J connectivity index is 0.000000334. The fourth-order valence-corrected chi connectivity index (χ4v) is 4.02. The molecule has 0 aliphatic carbocycles. The van der Waals surface area contributed by atoms with Gasteiger partial charge in [-0.3, -0.25) is 0 Å². The van der Waals surface area contributed by atoms with Crippen LogP contribution >= 0.6 is 31.9 Å². The maximum atomic E-state index is 13.1. The summed E-state index contributed by atoms with van der Waals surface area (Å²) in [6.45, 7) is 0. The van der Waals surface area contributed by atoms with Gasteiger partial charge in [0.05, 0.1) is 59.3 Å². The molecule has 5 rings (SSSR count). The van der Waals surface area contributed by atoms with Crippen LogP contribution in [0, 0.1) is 5.82 Å². The summed E-state index contributed by atoms with van der Waals surface area (Å²) in [6.07, 6.45) is 0. The van der Waals surface area contributed by atoms with Crippen LogP contribution in [0.1, 0.15) is 31.1 Å². The van der Waals surface area contributed by atoms with Gasteiger partial charge in [-0.15, -0.1) is 0 Å². The third kappa shape index (κ3) is 17.9. The zero-order valence-electron chi connectivity index (χ0n) is 29.7. The van der Waals surface area contributed by atoms with Gasteiger partial charge in [-0.05, 0) is 109 Å². The molecule has 282 valence electrons. The Labute approximate surface area is 324 Å². The Morgan fingerprint density at radius 3 is 1.21 bits per heavy atom. The number of esters is 2. The van der Waals surface area contributed by atoms with Gasteiger partial charge in [0.2, 0.25) is 0 Å². The monoisotopic (exact) mass is 860 g/mol. The van der Waals surface area contributed by atoms with Crippen molar-refractivity contribution in [2.75, 3.05) is 42.7 Å². The third-order valence-corrected chi connectivity index (χ3v) is 7.36. The molecule has 0 heterocycles. The standard InChI is InChI=1S/C9H9FO3.C9H10O3.C8H8O3.C7H7BrO.C6H5BrO/c1-12-6-3-4-7(8(10)5-6)9(11)13-2;1-11-8-5-3-7(4-6-8)9(10)12-2;1-11-7-4-2-6(3-5-7)8(9)10;1-9-7-4-2-6(8)3-5-7;7-5-1-3-6(8)4-2-5/h3-5H,1-2H3;3-6H,1-2H3;2-5H,1H3,(H,9,10);2-5H,1H3;1-4,8H. The summed E-state index contributed by atoms with van der Waals surface area (Å²) in [7, 11) is 8.75. The van der Waals surface area contributed by atoms with E-state index in [0.29, 0.717) is 22.8 Å². The van der Waals surface area contributed by atoms with E-state index in [1.165, 1.54) is 52.7 Å². The Morgan fingerprint density at radius 2 is 0.868 bits per heavy atom. The molecule has 0 atom stereocenters. The second-order valence-corrected chi connectivity index (χ2v) is 11.6. The highest BCUT2D eigenvalue weighted by atomic mass is 79.9. The van der Waals surface area contributed by atoms with E-state index >= 15 is 0 Å². The van der Waals surface area contributed by atoms with E-state index in [-0.39, 0.29) is 17.1 Å². The number of carbonyl (C=O) groups excluding carboxylic acids is 2. The maximum Gasteiger partial charge on any atom is 0.340 e. The number of carboxylic acids is 1. The Hall–Kier alpha value is -5.60. The lowest BCUT2D eigenvalue weighted by atomic mass is 10.2. The molecule has 0 fully saturated rings. The first-order valence-electron chi connectivity index (χ1n) is 15.1. The van der Waals surface area contributed by atoms with Crippen molar-refractivity contribution in [1.29, 1.82) is 0 Å². The van der Waals surface area contributed by atoms with Crippen LogP contribution in [0.15, 0.2) is 124 Å². The SMILES string of the molecule is COC(=O)c1ccc(OC)cc1.COC(=O)c1ccc(OC)cc1F.COc1ccc(Br)cc1.COc1ccc(C(=O)O)cc1.Oc1ccc(Br)cc1. The number of aromatic carboxylic acids is 1. The van der Waals surface area contributed by atoms with Gasteiger partial charge >= 0.3 is 17.9 Å². The molecule has 5 aromatic carbocycles. The summed E-state index contributed by atoms with van der Waals surface area (Å²) in [5, 5.41) is 17.2. The number of phenols is 1. The average Bonchev–Trinajstić information content (AvgIpc) is 3.19. The van der Waals surface area contributed by atoms with E-state index in [1.807, 2.05) is 24.3 Å². The van der Waals surface area contributed by atoms with Crippen molar-refractivity contribution in [3.63, 3.8) is 0 Å². The van der Waals surface area contributed by atoms with Gasteiger partial charge in [-0.25, -0.2) is 18.8 Å². The van der Waals surface area contributed by atoms with Crippen LogP contribution in [-0.2, 0) is 9.47 Å². The van der Waals surface area contributed by atoms with E-state index in [9.17, 15) is 18.8 Å². The van der Waals surface area contributed by atoms with Crippen LogP contribution in [-0.4, -0.2) is 70.8 Å². The maximum absolute atomic E-state index is 13.1. The summed E-state index contributed by atoms with van der Waals surface area (Å²) < 4.78 is 43.6. The summed E-state index contributed by atoms with van der Waals surface area (Å²) in [4.78, 5) is 32.2. The molecule has 0 aliphatic heterocycles. The van der Waals surface area contributed by atoms with E-state index in [1.54, 1.807) is 74.9 Å². The predicted octanol–water partition coefficient (Wildman–Crippen LogP) is 9.11. The topological polar surface area (TPSA) is 147 Å². The molecule has 0 bridgehead atoms. The minimum absolute atomic E-state index is 0.0942. The molecule has 53 heavy (non-hydrogen) atoms. The molecular weight excluding hydrogens is 823 g/mol. The zero-order chi connectivity index (χ0) is 39.8. The van der Waals surface area contributed by atoms with Gasteiger partial charge in [0.15, 0.2) is 0 Å². The normalized spacial score (nSPS) is 9.23. The average molecular weight is 863 g/mol. The first-order chi connectivity index (χ1) is 25.3. The van der Waals surface area contributed by atoms with Gasteiger partial charge in [0.25, 0.3) is 0 Å². The highest BCUT2D eigenvalue weighted by molar-refractivity contribution is 9.10. The first kappa shape index (κ1) is 45.4. The van der Waals surface area contributed by atoms with Gasteiger partial charge in [0.1, 0.15) is 34.6 Å². The van der Waals surface area contributed by atoms with Crippen molar-refractivity contribution in [2.24, 2.45) is 0 Å². The molecule has 0 saturated carbocycles. The molecule has 0 saturated heterocycles. The van der Waals surface area contributed by atoms with E-state index < -0.39 is 17.8 Å². The summed E-state index contributed by atoms with van der Waals surface area (Å²) in [5.74, 6) is 0.339. The first-order valence-corrected chi connectivity index (χ1v) is 16.7. The number of carboxylic acid groups (broad SMARTS) is 1. The van der Waals surface area contributed by atoms with Crippen LogP contribution < -0.4 is 18.9 Å². The lowest BCUT2D eigenvalue weighted by Gasteiger charge is -2.03. The second kappa shape index (κ2) is 25.4. The van der Waals surface area contributed by atoms with Gasteiger partial charge in [-0.1, -0.05) is 31.9 Å². The number of carbonyl (C=O) groups is 3. The smallest absolute Gasteiger partial charge is 0.340 e. The van der Waals surface area contributed by atoms with Crippen LogP contribution in [0.2, 0.25) is 0 Å². The quantitative estimate of drug-likeness (QED) is 0.151. The molecule has 0 unspecified atom stereocenters. The van der Waals surface area contributed by atoms with Crippen molar-refractivity contribution in [2.45, 2.75) is 0 Å². The van der Waals surface area contributed by atoms with Crippen LogP contribution in [0.3, 0.4) is 0 Å². The minimum atomic E-state index is -0.923. The largest absolute Gasteiger partial charge is 0.508 e. The Morgan fingerprint density at radius 1 is 0.509 bits per heavy atom. The number of ether oxygens (including phenoxy) is 6. The number of methoxy groups -OCH3 is 6. The third-order valence-electron chi connectivity index (χ3n) is 6.31. The molecule has 14 heteroatoms. The molecule has 11 nitrogen and oxygen atoms in total. The van der Waals surface area contributed by atoms with E-state index in [4.69, 9.17) is 29.2 Å². The lowest BCUT2D eigenvalue weighted by molar-refractivity contribution is 0.0588. The fourth-order valence-electron chi connectivity index (χ4n) is 3.49. The van der Waals surface area contributed by atoms with E-state index in [0.717, 1.165) is 26.5 Å². The van der Waals surface area contributed by atoms with Crippen molar-refractivity contribution >= 4 is 49.8 Å². The van der Waals surface area contributed by atoms with Crippen molar-refractivity contribution in [3.05, 3.63) is 147 Å². The van der Waals surface area contributed by atoms with Gasteiger partial charge in [-0.2, -0.15) is 0 Å². The Kier molecular flexibility index (Phi) is 21.7. The van der Waals surface area contributed by atoms with Crippen molar-refractivity contribution < 1.29 is 57.4 Å². The predicted molar refractivity (Wildman–Crippen MR) is 205 cm³/mol. The number of hydrogen-bond donors (Lipinski definition) is 2. The summed E-state index contributed by atoms with van der Waals surface area (Å²) in [5.41, 5.74) is 0.701. The van der Waals surface area contributed by atoms with Crippen LogP contribution in [0.5, 0.6) is 28.7 Å². The molecule has 0 aliphatic rings. The number of halogens is 3. The highest BCUT2D eigenvalue weighted by Gasteiger charge is 2.12. The van der Waals surface area contributed by atoms with E-state index in [2.05, 4.69) is 41.3 Å². The molecule has 5 aromatic rings. The van der Waals surface area contributed by atoms with Crippen molar-refractivity contribution in [1.82, 2.24) is 0 Å². The molecule has 0 aromatic heterocycles. The van der Waals surface area contributed by atoms with Crippen LogP contribution in [0.25, 0.3) is 0 Å². The van der Waals surface area contributed by atoms with Gasteiger partial charge < -0.3 is 38.6 Å². The molecule has 0 spiro atoms. The minimum Gasteiger partial charge on any atom is -0.508 e. The fraction of sp³-hybridized carbons (Fsp3) is 0.154. The number of rotatable bonds is 7. The highest BCUT2D eigenvalue weighted by Crippen LogP contribution is 2.17. The van der Waals surface area contributed by atoms with Crippen molar-refractivity contribution in [3.8, 4) is 28.7 Å². The van der Waals surface area contributed by atoms with Crippen LogP contribution in [0.4, 0.5) is 4.39 Å². The molecule has 0 radical (unpaired) electrons. The molecule has 2 N–H and O–H groups in total. The number of benzene rings is 5. The van der Waals surface area contributed by atoms with Gasteiger partial charge in [0, 0.05) is 15.0 Å².